The van der Waals surface area contributed by atoms with Crippen LogP contribution in [0.3, 0.4) is 0 Å². The summed E-state index contributed by atoms with van der Waals surface area (Å²) in [7, 11) is 0. The van der Waals surface area contributed by atoms with E-state index in [1.165, 1.54) is 22.3 Å². The van der Waals surface area contributed by atoms with E-state index in [1.807, 2.05) is 0 Å². The standard InChI is InChI=1S/C44H60N4/c1-5-41-33-46(30-38-23-15-10-16-24-38)43(7-3)35-48(32-40-27-19-12-20-28-40)44(8-4)36-47(31-39-25-17-11-18-26-39)42(6-2)34-45(41)29-37-21-13-9-14-22-37/h9-28,41-44H,5-8,29-36H2,1-4H3. The summed E-state index contributed by atoms with van der Waals surface area (Å²) in [5, 5.41) is 0. The van der Waals surface area contributed by atoms with Gasteiger partial charge in [0.15, 0.2) is 0 Å². The average Bonchev–Trinajstić information content (AvgIpc) is 3.13. The minimum atomic E-state index is 0.458. The molecule has 0 spiro atoms. The molecule has 4 aromatic carbocycles. The molecule has 1 fully saturated rings. The molecule has 0 saturated carbocycles. The highest BCUT2D eigenvalue weighted by Gasteiger charge is 2.33. The van der Waals surface area contributed by atoms with E-state index >= 15 is 0 Å². The molecule has 1 saturated heterocycles. The highest BCUT2D eigenvalue weighted by atomic mass is 15.3. The Labute approximate surface area is 292 Å². The topological polar surface area (TPSA) is 13.0 Å². The van der Waals surface area contributed by atoms with Gasteiger partial charge < -0.3 is 0 Å². The number of nitrogens with zero attached hydrogens (tertiary/aromatic N) is 4. The first kappa shape index (κ1) is 36.0. The van der Waals surface area contributed by atoms with Crippen LogP contribution in [0.4, 0.5) is 0 Å². The third-order valence-electron chi connectivity index (χ3n) is 10.6. The fraction of sp³-hybridized carbons (Fsp3) is 0.455. The summed E-state index contributed by atoms with van der Waals surface area (Å²) in [6.07, 6.45) is 4.54. The van der Waals surface area contributed by atoms with E-state index in [9.17, 15) is 0 Å². The van der Waals surface area contributed by atoms with Gasteiger partial charge in [0.25, 0.3) is 0 Å². The second-order valence-corrected chi connectivity index (χ2v) is 13.9. The van der Waals surface area contributed by atoms with Crippen molar-refractivity contribution >= 4 is 0 Å². The SMILES string of the molecule is CCC1CN(Cc2ccccc2)C(CC)CN(Cc2ccccc2)C(CC)CN(Cc2ccccc2)C(CC)CN1Cc1ccccc1. The van der Waals surface area contributed by atoms with Crippen LogP contribution in [-0.2, 0) is 26.2 Å². The maximum Gasteiger partial charge on any atom is 0.0237 e. The Hall–Kier alpha value is -3.28. The van der Waals surface area contributed by atoms with Gasteiger partial charge in [-0.2, -0.15) is 0 Å². The molecule has 0 N–H and O–H groups in total. The minimum absolute atomic E-state index is 0.458. The number of hydrogen-bond donors (Lipinski definition) is 0. The molecule has 1 aliphatic rings. The zero-order valence-corrected chi connectivity index (χ0v) is 30.1. The first-order chi connectivity index (χ1) is 23.6. The third kappa shape index (κ3) is 10.4. The first-order valence-corrected chi connectivity index (χ1v) is 18.7. The van der Waals surface area contributed by atoms with Crippen molar-refractivity contribution in [2.75, 3.05) is 26.2 Å². The van der Waals surface area contributed by atoms with E-state index < -0.39 is 0 Å². The van der Waals surface area contributed by atoms with Gasteiger partial charge in [0.1, 0.15) is 0 Å². The molecule has 256 valence electrons. The minimum Gasteiger partial charge on any atom is -0.293 e. The Morgan fingerprint density at radius 1 is 0.333 bits per heavy atom. The van der Waals surface area contributed by atoms with Crippen molar-refractivity contribution in [1.29, 1.82) is 0 Å². The zero-order chi connectivity index (χ0) is 33.6. The second-order valence-electron chi connectivity index (χ2n) is 13.9. The van der Waals surface area contributed by atoms with Gasteiger partial charge in [-0.3, -0.25) is 19.6 Å². The summed E-state index contributed by atoms with van der Waals surface area (Å²) in [5.41, 5.74) is 5.65. The molecule has 0 amide bonds. The van der Waals surface area contributed by atoms with Crippen molar-refractivity contribution in [3.8, 4) is 0 Å². The van der Waals surface area contributed by atoms with Crippen LogP contribution in [0.5, 0.6) is 0 Å². The van der Waals surface area contributed by atoms with Crippen molar-refractivity contribution in [2.24, 2.45) is 0 Å². The van der Waals surface area contributed by atoms with Crippen molar-refractivity contribution in [2.45, 2.75) is 104 Å². The quantitative estimate of drug-likeness (QED) is 0.153. The predicted octanol–water partition coefficient (Wildman–Crippen LogP) is 9.12. The summed E-state index contributed by atoms with van der Waals surface area (Å²) in [6, 6.07) is 46.6. The summed E-state index contributed by atoms with van der Waals surface area (Å²) in [6.45, 7) is 17.9. The summed E-state index contributed by atoms with van der Waals surface area (Å²) >= 11 is 0. The van der Waals surface area contributed by atoms with Crippen LogP contribution in [0, 0.1) is 0 Å². The summed E-state index contributed by atoms with van der Waals surface area (Å²) in [4.78, 5) is 11.4. The molecule has 0 bridgehead atoms. The monoisotopic (exact) mass is 644 g/mol. The molecule has 5 rings (SSSR count). The molecule has 4 unspecified atom stereocenters. The lowest BCUT2D eigenvalue weighted by Crippen LogP contribution is -2.57. The Balaban J connectivity index is 1.57. The number of benzene rings is 4. The van der Waals surface area contributed by atoms with Crippen LogP contribution in [0.25, 0.3) is 0 Å². The first-order valence-electron chi connectivity index (χ1n) is 18.7. The van der Waals surface area contributed by atoms with Crippen LogP contribution in [0.2, 0.25) is 0 Å². The lowest BCUT2D eigenvalue weighted by atomic mass is 10.0. The van der Waals surface area contributed by atoms with E-state index in [0.29, 0.717) is 24.2 Å². The molecule has 48 heavy (non-hydrogen) atoms. The normalized spacial score (nSPS) is 22.6. The third-order valence-corrected chi connectivity index (χ3v) is 10.6. The van der Waals surface area contributed by atoms with Crippen LogP contribution in [0.15, 0.2) is 121 Å². The largest absolute Gasteiger partial charge is 0.293 e. The van der Waals surface area contributed by atoms with E-state index in [1.54, 1.807) is 0 Å². The molecule has 1 heterocycles. The highest BCUT2D eigenvalue weighted by Crippen LogP contribution is 2.25. The lowest BCUT2D eigenvalue weighted by molar-refractivity contribution is 0.0150. The fourth-order valence-electron chi connectivity index (χ4n) is 7.74. The maximum atomic E-state index is 2.84. The highest BCUT2D eigenvalue weighted by molar-refractivity contribution is 5.18. The lowest BCUT2D eigenvalue weighted by Gasteiger charge is -2.46. The van der Waals surface area contributed by atoms with Crippen LogP contribution in [0.1, 0.15) is 75.6 Å². The van der Waals surface area contributed by atoms with Gasteiger partial charge in [0.05, 0.1) is 0 Å². The second kappa shape index (κ2) is 19.0. The molecule has 4 nitrogen and oxygen atoms in total. The van der Waals surface area contributed by atoms with E-state index in [2.05, 4.69) is 169 Å². The zero-order valence-electron chi connectivity index (χ0n) is 30.1. The van der Waals surface area contributed by atoms with Gasteiger partial charge in [-0.15, -0.1) is 0 Å². The van der Waals surface area contributed by atoms with E-state index in [4.69, 9.17) is 0 Å². The molecule has 0 radical (unpaired) electrons. The van der Waals surface area contributed by atoms with Crippen molar-refractivity contribution in [1.82, 2.24) is 19.6 Å². The molecule has 4 atom stereocenters. The average molecular weight is 645 g/mol. The van der Waals surface area contributed by atoms with E-state index in [0.717, 1.165) is 78.0 Å². The van der Waals surface area contributed by atoms with Crippen LogP contribution in [-0.4, -0.2) is 69.9 Å². The molecule has 4 aromatic rings. The van der Waals surface area contributed by atoms with Crippen LogP contribution < -0.4 is 0 Å². The Kier molecular flexibility index (Phi) is 14.3. The van der Waals surface area contributed by atoms with Gasteiger partial charge in [-0.1, -0.05) is 149 Å². The van der Waals surface area contributed by atoms with Crippen molar-refractivity contribution in [3.63, 3.8) is 0 Å². The molecule has 0 aromatic heterocycles. The molecule has 4 heteroatoms. The van der Waals surface area contributed by atoms with Crippen molar-refractivity contribution in [3.05, 3.63) is 144 Å². The van der Waals surface area contributed by atoms with Crippen molar-refractivity contribution < 1.29 is 0 Å². The Morgan fingerprint density at radius 2 is 0.521 bits per heavy atom. The number of rotatable bonds is 12. The Bertz CT molecular complexity index is 1190. The molecular weight excluding hydrogens is 585 g/mol. The van der Waals surface area contributed by atoms with E-state index in [-0.39, 0.29) is 0 Å². The van der Waals surface area contributed by atoms with Gasteiger partial charge in [0, 0.05) is 76.5 Å². The predicted molar refractivity (Wildman–Crippen MR) is 204 cm³/mol. The van der Waals surface area contributed by atoms with Gasteiger partial charge in [0.2, 0.25) is 0 Å². The maximum absolute atomic E-state index is 2.84. The summed E-state index contributed by atoms with van der Waals surface area (Å²) < 4.78 is 0. The van der Waals surface area contributed by atoms with Gasteiger partial charge in [-0.05, 0) is 47.9 Å². The van der Waals surface area contributed by atoms with Crippen LogP contribution >= 0.6 is 0 Å². The molecule has 1 aliphatic heterocycles. The smallest absolute Gasteiger partial charge is 0.0237 e. The van der Waals surface area contributed by atoms with Gasteiger partial charge >= 0.3 is 0 Å². The number of hydrogen-bond acceptors (Lipinski definition) is 4. The fourth-order valence-corrected chi connectivity index (χ4v) is 7.74. The molecule has 0 aliphatic carbocycles. The Morgan fingerprint density at radius 3 is 0.688 bits per heavy atom. The molecular formula is C44H60N4. The van der Waals surface area contributed by atoms with Gasteiger partial charge in [-0.25, -0.2) is 0 Å². The summed E-state index contributed by atoms with van der Waals surface area (Å²) in [5.74, 6) is 0.